The number of nitrogen functional groups attached to an aromatic ring is 1. The molecule has 104 valence electrons. The standard InChI is InChI=1S/C16H19N3O/c1-10(2)12-6-5-11(3)15(7-12)20-16-14(18)8-13(9-17)19(16)4/h5-8,10H,18H2,1-4H3. The van der Waals surface area contributed by atoms with E-state index in [1.807, 2.05) is 19.1 Å². The highest BCUT2D eigenvalue weighted by Crippen LogP contribution is 2.33. The lowest BCUT2D eigenvalue weighted by Crippen LogP contribution is -1.99. The summed E-state index contributed by atoms with van der Waals surface area (Å²) in [6, 6.07) is 9.87. The Labute approximate surface area is 119 Å². The summed E-state index contributed by atoms with van der Waals surface area (Å²) in [5.74, 6) is 1.71. The molecule has 0 radical (unpaired) electrons. The van der Waals surface area contributed by atoms with Crippen LogP contribution in [-0.2, 0) is 7.05 Å². The van der Waals surface area contributed by atoms with Gasteiger partial charge in [-0.2, -0.15) is 5.26 Å². The van der Waals surface area contributed by atoms with Crippen LogP contribution in [0.1, 0.15) is 36.6 Å². The predicted molar refractivity (Wildman–Crippen MR) is 79.9 cm³/mol. The molecule has 1 aromatic carbocycles. The third kappa shape index (κ3) is 2.48. The molecule has 2 N–H and O–H groups in total. The molecule has 20 heavy (non-hydrogen) atoms. The first-order valence-corrected chi connectivity index (χ1v) is 6.57. The third-order valence-corrected chi connectivity index (χ3v) is 3.41. The third-order valence-electron chi connectivity index (χ3n) is 3.41. The van der Waals surface area contributed by atoms with Gasteiger partial charge in [0.2, 0.25) is 5.88 Å². The average Bonchev–Trinajstić information content (AvgIpc) is 2.68. The Bertz CT molecular complexity index is 678. The van der Waals surface area contributed by atoms with Crippen molar-refractivity contribution in [3.8, 4) is 17.7 Å². The van der Waals surface area contributed by atoms with Gasteiger partial charge in [-0.1, -0.05) is 26.0 Å². The van der Waals surface area contributed by atoms with Gasteiger partial charge in [-0.05, 0) is 30.0 Å². The first-order valence-electron chi connectivity index (χ1n) is 6.57. The van der Waals surface area contributed by atoms with E-state index in [2.05, 4.69) is 26.0 Å². The number of hydrogen-bond donors (Lipinski definition) is 1. The molecule has 0 bridgehead atoms. The second-order valence-corrected chi connectivity index (χ2v) is 5.24. The maximum absolute atomic E-state index is 9.01. The summed E-state index contributed by atoms with van der Waals surface area (Å²) in [6.07, 6.45) is 0. The van der Waals surface area contributed by atoms with Gasteiger partial charge in [0.25, 0.3) is 0 Å². The number of nitriles is 1. The summed E-state index contributed by atoms with van der Waals surface area (Å²) in [5.41, 5.74) is 9.11. The minimum absolute atomic E-state index is 0.429. The molecule has 0 saturated heterocycles. The van der Waals surface area contributed by atoms with E-state index in [9.17, 15) is 0 Å². The van der Waals surface area contributed by atoms with Crippen LogP contribution in [0.15, 0.2) is 24.3 Å². The Morgan fingerprint density at radius 2 is 2.00 bits per heavy atom. The van der Waals surface area contributed by atoms with Crippen molar-refractivity contribution in [2.24, 2.45) is 7.05 Å². The molecular formula is C16H19N3O. The fraction of sp³-hybridized carbons (Fsp3) is 0.312. The van der Waals surface area contributed by atoms with Gasteiger partial charge in [0.1, 0.15) is 17.5 Å². The minimum Gasteiger partial charge on any atom is -0.438 e. The molecule has 0 atom stereocenters. The zero-order valence-corrected chi connectivity index (χ0v) is 12.3. The van der Waals surface area contributed by atoms with E-state index in [1.54, 1.807) is 17.7 Å². The maximum Gasteiger partial charge on any atom is 0.224 e. The number of hydrogen-bond acceptors (Lipinski definition) is 3. The van der Waals surface area contributed by atoms with Gasteiger partial charge in [0, 0.05) is 13.1 Å². The first-order chi connectivity index (χ1) is 9.43. The van der Waals surface area contributed by atoms with Gasteiger partial charge in [0.15, 0.2) is 0 Å². The average molecular weight is 269 g/mol. The van der Waals surface area contributed by atoms with Crippen molar-refractivity contribution in [1.82, 2.24) is 4.57 Å². The summed E-state index contributed by atoms with van der Waals surface area (Å²) in [6.45, 7) is 6.27. The van der Waals surface area contributed by atoms with Crippen molar-refractivity contribution < 1.29 is 4.74 Å². The molecule has 0 saturated carbocycles. The fourth-order valence-electron chi connectivity index (χ4n) is 2.03. The summed E-state index contributed by atoms with van der Waals surface area (Å²) in [5, 5.41) is 9.01. The number of nitrogens with zero attached hydrogens (tertiary/aromatic N) is 2. The summed E-state index contributed by atoms with van der Waals surface area (Å²) in [4.78, 5) is 0. The molecule has 0 spiro atoms. The summed E-state index contributed by atoms with van der Waals surface area (Å²) < 4.78 is 7.59. The van der Waals surface area contributed by atoms with Crippen LogP contribution in [0, 0.1) is 18.3 Å². The zero-order valence-electron chi connectivity index (χ0n) is 12.3. The van der Waals surface area contributed by atoms with Crippen molar-refractivity contribution in [3.05, 3.63) is 41.1 Å². The normalized spacial score (nSPS) is 10.6. The van der Waals surface area contributed by atoms with Crippen LogP contribution in [0.25, 0.3) is 0 Å². The summed E-state index contributed by atoms with van der Waals surface area (Å²) >= 11 is 0. The van der Waals surface area contributed by atoms with E-state index in [1.165, 1.54) is 5.56 Å². The van der Waals surface area contributed by atoms with E-state index in [4.69, 9.17) is 15.7 Å². The number of rotatable bonds is 3. The molecular weight excluding hydrogens is 250 g/mol. The largest absolute Gasteiger partial charge is 0.438 e. The van der Waals surface area contributed by atoms with E-state index < -0.39 is 0 Å². The van der Waals surface area contributed by atoms with E-state index >= 15 is 0 Å². The smallest absolute Gasteiger partial charge is 0.224 e. The number of ether oxygens (including phenoxy) is 1. The lowest BCUT2D eigenvalue weighted by atomic mass is 10.0. The molecule has 0 aliphatic rings. The highest BCUT2D eigenvalue weighted by molar-refractivity contribution is 5.56. The van der Waals surface area contributed by atoms with Crippen molar-refractivity contribution >= 4 is 5.69 Å². The molecule has 1 heterocycles. The van der Waals surface area contributed by atoms with Crippen LogP contribution in [0.4, 0.5) is 5.69 Å². The number of aryl methyl sites for hydroxylation is 1. The first kappa shape index (κ1) is 14.0. The second-order valence-electron chi connectivity index (χ2n) is 5.24. The molecule has 2 rings (SSSR count). The summed E-state index contributed by atoms with van der Waals surface area (Å²) in [7, 11) is 1.77. The minimum atomic E-state index is 0.429. The van der Waals surface area contributed by atoms with Gasteiger partial charge >= 0.3 is 0 Å². The molecule has 0 aliphatic heterocycles. The van der Waals surface area contributed by atoms with Crippen LogP contribution in [0.3, 0.4) is 0 Å². The van der Waals surface area contributed by atoms with Gasteiger partial charge in [-0.25, -0.2) is 0 Å². The van der Waals surface area contributed by atoms with E-state index in [0.29, 0.717) is 23.2 Å². The Morgan fingerprint density at radius 1 is 1.30 bits per heavy atom. The lowest BCUT2D eigenvalue weighted by molar-refractivity contribution is 0.441. The SMILES string of the molecule is Cc1ccc(C(C)C)cc1Oc1c(N)cc(C#N)n1C. The van der Waals surface area contributed by atoms with E-state index in [0.717, 1.165) is 11.3 Å². The number of benzene rings is 1. The second kappa shape index (κ2) is 5.30. The van der Waals surface area contributed by atoms with Gasteiger partial charge in [-0.3, -0.25) is 0 Å². The molecule has 4 heteroatoms. The van der Waals surface area contributed by atoms with Crippen molar-refractivity contribution in [3.63, 3.8) is 0 Å². The molecule has 0 amide bonds. The highest BCUT2D eigenvalue weighted by atomic mass is 16.5. The Hall–Kier alpha value is -2.41. The molecule has 0 unspecified atom stereocenters. The van der Waals surface area contributed by atoms with Crippen LogP contribution in [0.5, 0.6) is 11.6 Å². The quantitative estimate of drug-likeness (QED) is 0.924. The predicted octanol–water partition coefficient (Wildman–Crippen LogP) is 3.70. The molecule has 4 nitrogen and oxygen atoms in total. The molecule has 0 fully saturated rings. The zero-order chi connectivity index (χ0) is 14.9. The van der Waals surface area contributed by atoms with Gasteiger partial charge in [-0.15, -0.1) is 0 Å². The van der Waals surface area contributed by atoms with Crippen LogP contribution < -0.4 is 10.5 Å². The number of nitrogens with two attached hydrogens (primary N) is 1. The Kier molecular flexibility index (Phi) is 3.71. The maximum atomic E-state index is 9.01. The number of aromatic nitrogens is 1. The van der Waals surface area contributed by atoms with Crippen molar-refractivity contribution in [2.45, 2.75) is 26.7 Å². The van der Waals surface area contributed by atoms with Crippen LogP contribution >= 0.6 is 0 Å². The molecule has 0 aliphatic carbocycles. The van der Waals surface area contributed by atoms with Crippen LogP contribution in [0.2, 0.25) is 0 Å². The van der Waals surface area contributed by atoms with Crippen LogP contribution in [-0.4, -0.2) is 4.57 Å². The number of anilines is 1. The molecule has 1 aromatic heterocycles. The van der Waals surface area contributed by atoms with E-state index in [-0.39, 0.29) is 0 Å². The highest BCUT2D eigenvalue weighted by Gasteiger charge is 2.14. The Balaban J connectivity index is 2.42. The van der Waals surface area contributed by atoms with Gasteiger partial charge in [0.05, 0.1) is 5.69 Å². The fourth-order valence-corrected chi connectivity index (χ4v) is 2.03. The van der Waals surface area contributed by atoms with Crippen molar-refractivity contribution in [1.29, 1.82) is 5.26 Å². The molecule has 2 aromatic rings. The monoisotopic (exact) mass is 269 g/mol. The lowest BCUT2D eigenvalue weighted by Gasteiger charge is -2.13. The topological polar surface area (TPSA) is 64.0 Å². The van der Waals surface area contributed by atoms with Gasteiger partial charge < -0.3 is 15.0 Å². The van der Waals surface area contributed by atoms with Crippen molar-refractivity contribution in [2.75, 3.05) is 5.73 Å². The Morgan fingerprint density at radius 3 is 2.55 bits per heavy atom.